The largest absolute Gasteiger partial charge is 0.462 e. The van der Waals surface area contributed by atoms with Gasteiger partial charge in [-0.2, -0.15) is 0 Å². The minimum Gasteiger partial charge on any atom is -0.462 e. The molecule has 10 atom stereocenters. The van der Waals surface area contributed by atoms with E-state index in [-0.39, 0.29) is 30.4 Å². The zero-order valence-electron chi connectivity index (χ0n) is 36.5. The van der Waals surface area contributed by atoms with Crippen molar-refractivity contribution in [2.75, 3.05) is 0 Å². The van der Waals surface area contributed by atoms with Crippen LogP contribution in [0.25, 0.3) is 0 Å². The molecule has 63 heavy (non-hydrogen) atoms. The molecule has 2 fully saturated rings. The molecule has 3 aliphatic carbocycles. The van der Waals surface area contributed by atoms with E-state index in [0.29, 0.717) is 22.3 Å². The first kappa shape index (κ1) is 46.4. The third kappa shape index (κ3) is 9.19. The van der Waals surface area contributed by atoms with Gasteiger partial charge in [-0.15, -0.1) is 0 Å². The van der Waals surface area contributed by atoms with E-state index in [2.05, 4.69) is 11.9 Å². The first-order valence-corrected chi connectivity index (χ1v) is 20.9. The summed E-state index contributed by atoms with van der Waals surface area (Å²) in [5.74, 6) is -5.40. The Morgan fingerprint density at radius 3 is 1.83 bits per heavy atom. The number of ether oxygens (including phenoxy) is 5. The Labute approximate surface area is 366 Å². The molecule has 14 heteroatoms. The molecule has 0 heterocycles. The topological polar surface area (TPSA) is 201 Å². The van der Waals surface area contributed by atoms with Gasteiger partial charge >= 0.3 is 29.8 Å². The van der Waals surface area contributed by atoms with Crippen molar-refractivity contribution in [3.63, 3.8) is 0 Å². The van der Waals surface area contributed by atoms with E-state index in [0.717, 1.165) is 0 Å². The summed E-state index contributed by atoms with van der Waals surface area (Å²) in [6.07, 6.45) is -8.39. The molecule has 0 spiro atoms. The zero-order chi connectivity index (χ0) is 46.0. The fourth-order valence-electron chi connectivity index (χ4n) is 9.90. The van der Waals surface area contributed by atoms with Gasteiger partial charge in [0.1, 0.15) is 18.3 Å². The van der Waals surface area contributed by atoms with Crippen LogP contribution in [-0.2, 0) is 42.9 Å². The van der Waals surface area contributed by atoms with E-state index in [9.17, 15) is 39.0 Å². The second-order valence-electron chi connectivity index (χ2n) is 17.4. The van der Waals surface area contributed by atoms with Crippen LogP contribution in [0, 0.1) is 16.7 Å². The van der Waals surface area contributed by atoms with Crippen molar-refractivity contribution >= 4 is 35.8 Å². The van der Waals surface area contributed by atoms with E-state index < -0.39 is 101 Å². The lowest BCUT2D eigenvalue weighted by Crippen LogP contribution is -2.60. The lowest BCUT2D eigenvalue weighted by atomic mass is 9.56. The summed E-state index contributed by atoms with van der Waals surface area (Å²) in [6.45, 7) is 14.5. The minimum absolute atomic E-state index is 0.0401. The lowest BCUT2D eigenvalue weighted by molar-refractivity contribution is -0.198. The van der Waals surface area contributed by atoms with Gasteiger partial charge < -0.3 is 39.2 Å². The molecule has 1 amide bonds. The summed E-state index contributed by atoms with van der Waals surface area (Å²) < 4.78 is 30.7. The molecule has 0 saturated heterocycles. The Hall–Kier alpha value is -6.12. The van der Waals surface area contributed by atoms with Gasteiger partial charge in [0, 0.05) is 44.6 Å². The summed E-state index contributed by atoms with van der Waals surface area (Å²) in [6, 6.07) is 23.6. The highest BCUT2D eigenvalue weighted by molar-refractivity contribution is 5.95. The molecule has 14 nitrogen and oxygen atoms in total. The number of nitrogens with one attached hydrogen (secondary N) is 1. The van der Waals surface area contributed by atoms with E-state index in [4.69, 9.17) is 23.7 Å². The van der Waals surface area contributed by atoms with Crippen LogP contribution in [-0.4, -0.2) is 88.2 Å². The van der Waals surface area contributed by atoms with E-state index >= 15 is 0 Å². The molecule has 3 aliphatic rings. The van der Waals surface area contributed by atoms with Crippen LogP contribution in [0.15, 0.2) is 114 Å². The van der Waals surface area contributed by atoms with Crippen molar-refractivity contribution in [1.29, 1.82) is 0 Å². The number of fused-ring (bicyclic) bond motifs is 2. The number of carbonyl (C=O) groups is 6. The number of carbonyl (C=O) groups excluding carboxylic acids is 6. The number of rotatable bonds is 12. The van der Waals surface area contributed by atoms with E-state index in [1.807, 2.05) is 0 Å². The van der Waals surface area contributed by atoms with Crippen LogP contribution in [0.3, 0.4) is 0 Å². The van der Waals surface area contributed by atoms with Crippen molar-refractivity contribution in [1.82, 2.24) is 5.32 Å². The molecular formula is C49H55NO13. The monoisotopic (exact) mass is 865 g/mol. The van der Waals surface area contributed by atoms with Gasteiger partial charge in [-0.25, -0.2) is 9.59 Å². The Bertz CT molecular complexity index is 2270. The highest BCUT2D eigenvalue weighted by Gasteiger charge is 2.69. The van der Waals surface area contributed by atoms with Gasteiger partial charge in [-0.3, -0.25) is 19.2 Å². The summed E-state index contributed by atoms with van der Waals surface area (Å²) in [5.41, 5.74) is -2.80. The maximum Gasteiger partial charge on any atom is 0.338 e. The van der Waals surface area contributed by atoms with Crippen LogP contribution in [0.2, 0.25) is 0 Å². The van der Waals surface area contributed by atoms with Crippen molar-refractivity contribution in [3.05, 3.63) is 131 Å². The summed E-state index contributed by atoms with van der Waals surface area (Å²) in [7, 11) is 0. The molecule has 0 bridgehead atoms. The Morgan fingerprint density at radius 2 is 1.29 bits per heavy atom. The number of amides is 1. The minimum atomic E-state index is -1.93. The number of hydrogen-bond donors (Lipinski definition) is 3. The van der Waals surface area contributed by atoms with Crippen molar-refractivity contribution in [2.45, 2.75) is 116 Å². The van der Waals surface area contributed by atoms with Crippen LogP contribution in [0.4, 0.5) is 0 Å². The van der Waals surface area contributed by atoms with Crippen molar-refractivity contribution in [3.8, 4) is 0 Å². The quantitative estimate of drug-likeness (QED) is 0.110. The third-order valence-electron chi connectivity index (χ3n) is 13.0. The van der Waals surface area contributed by atoms with Crippen LogP contribution < -0.4 is 5.32 Å². The second-order valence-corrected chi connectivity index (χ2v) is 17.4. The number of esters is 5. The van der Waals surface area contributed by atoms with Crippen LogP contribution in [0.1, 0.15) is 100 Å². The van der Waals surface area contributed by atoms with Gasteiger partial charge in [0.05, 0.1) is 22.6 Å². The highest BCUT2D eigenvalue weighted by Crippen LogP contribution is 2.65. The number of aliphatic hydroxyl groups excluding tert-OH is 1. The van der Waals surface area contributed by atoms with Gasteiger partial charge in [0.15, 0.2) is 18.3 Å². The first-order valence-electron chi connectivity index (χ1n) is 20.9. The van der Waals surface area contributed by atoms with Gasteiger partial charge in [0.25, 0.3) is 5.91 Å². The maximum atomic E-state index is 14.3. The van der Waals surface area contributed by atoms with Crippen molar-refractivity contribution < 1.29 is 62.7 Å². The molecule has 3 N–H and O–H groups in total. The second kappa shape index (κ2) is 18.3. The fraction of sp³-hybridized carbons (Fsp3) is 0.429. The number of aliphatic hydroxyl groups is 2. The van der Waals surface area contributed by atoms with Gasteiger partial charge in [0.2, 0.25) is 0 Å². The predicted octanol–water partition coefficient (Wildman–Crippen LogP) is 5.91. The average molecular weight is 866 g/mol. The Kier molecular flexibility index (Phi) is 13.5. The lowest BCUT2D eigenvalue weighted by Gasteiger charge is -2.53. The maximum absolute atomic E-state index is 14.3. The number of benzene rings is 3. The molecule has 3 aromatic rings. The third-order valence-corrected chi connectivity index (χ3v) is 13.0. The standard InChI is InChI=1S/C49H55NO13/c1-27-35-25-49(47(6,7)58)26-37(62-46(57)41(54)40(32-18-12-9-13-19-32)50-44(55)33-20-14-10-15-21-33)28(2)39(49)42(63-45(56)34-22-16-11-17-23-34)43(61-31(5)53)48(35,8)38(60-30(4)52)24-36(27)59-29(3)51/h9-23,35-38,40-43,54,58H,1,24-26H2,2-8H3,(H,50,55)/t35-,36+,37+,38+,40+,41-,42-,43+,48+,49+/m1/s1. The van der Waals surface area contributed by atoms with Crippen molar-refractivity contribution in [2.24, 2.45) is 16.7 Å². The fourth-order valence-corrected chi connectivity index (χ4v) is 9.90. The highest BCUT2D eigenvalue weighted by atomic mass is 16.6. The molecule has 2 saturated carbocycles. The Morgan fingerprint density at radius 1 is 0.746 bits per heavy atom. The van der Waals surface area contributed by atoms with E-state index in [1.54, 1.807) is 119 Å². The van der Waals surface area contributed by atoms with Gasteiger partial charge in [-0.05, 0) is 79.7 Å². The zero-order valence-corrected chi connectivity index (χ0v) is 36.5. The van der Waals surface area contributed by atoms with E-state index in [1.165, 1.54) is 20.8 Å². The normalized spacial score (nSPS) is 27.6. The molecule has 334 valence electrons. The first-order chi connectivity index (χ1) is 29.7. The molecular weight excluding hydrogens is 811 g/mol. The molecule has 0 unspecified atom stereocenters. The number of hydrogen-bond acceptors (Lipinski definition) is 13. The average Bonchev–Trinajstić information content (AvgIpc) is 3.47. The van der Waals surface area contributed by atoms with Gasteiger partial charge in [-0.1, -0.05) is 80.2 Å². The summed E-state index contributed by atoms with van der Waals surface area (Å²) >= 11 is 0. The van der Waals surface area contributed by atoms with Crippen LogP contribution >= 0.6 is 0 Å². The van der Waals surface area contributed by atoms with Crippen LogP contribution in [0.5, 0.6) is 0 Å². The predicted molar refractivity (Wildman–Crippen MR) is 227 cm³/mol. The SMILES string of the molecule is C=C1[C@@H](OC(C)=O)C[C@H](OC(C)=O)[C@]2(C)[C@@H]1C[C@]1(C(C)(C)O)C[C@H](OC(=O)[C@H](O)[C@@H](NC(=O)c3ccccc3)c3ccccc3)C(C)=C1[C@@H](OC(=O)c1ccccc1)[C@@H]2OC(C)=O. The summed E-state index contributed by atoms with van der Waals surface area (Å²) in [5, 5.41) is 27.1. The molecule has 0 aromatic heterocycles. The molecule has 0 aliphatic heterocycles. The molecule has 6 rings (SSSR count). The molecule has 0 radical (unpaired) electrons. The summed E-state index contributed by atoms with van der Waals surface area (Å²) in [4.78, 5) is 80.6. The smallest absolute Gasteiger partial charge is 0.338 e. The molecule has 3 aromatic carbocycles. The Balaban J connectivity index is 1.51.